The number of nitriles is 3. The number of aromatic nitrogens is 1. The van der Waals surface area contributed by atoms with Gasteiger partial charge in [-0.05, 0) is 31.5 Å². The van der Waals surface area contributed by atoms with Crippen LogP contribution in [0.5, 0.6) is 0 Å². The summed E-state index contributed by atoms with van der Waals surface area (Å²) in [6, 6.07) is 12.4. The monoisotopic (exact) mass is 289 g/mol. The molecular formula is C16H11N5O. The average molecular weight is 289 g/mol. The Kier molecular flexibility index (Phi) is 4.22. The van der Waals surface area contributed by atoms with Gasteiger partial charge in [-0.15, -0.1) is 0 Å². The van der Waals surface area contributed by atoms with Crippen LogP contribution in [0.15, 0.2) is 40.1 Å². The van der Waals surface area contributed by atoms with E-state index >= 15 is 0 Å². The molecule has 0 saturated heterocycles. The van der Waals surface area contributed by atoms with Gasteiger partial charge in [0.2, 0.25) is 0 Å². The zero-order valence-electron chi connectivity index (χ0n) is 12.0. The fourth-order valence-electron chi connectivity index (χ4n) is 2.04. The maximum Gasteiger partial charge on any atom is 0.163 e. The van der Waals surface area contributed by atoms with E-state index in [0.29, 0.717) is 5.69 Å². The van der Waals surface area contributed by atoms with E-state index in [2.05, 4.69) is 10.5 Å². The second kappa shape index (κ2) is 6.26. The summed E-state index contributed by atoms with van der Waals surface area (Å²) < 4.78 is 5.13. The predicted molar refractivity (Wildman–Crippen MR) is 78.9 cm³/mol. The molecule has 1 heterocycles. The van der Waals surface area contributed by atoms with E-state index in [4.69, 9.17) is 20.3 Å². The number of benzene rings is 1. The number of hydrogen-bond donors (Lipinski definition) is 1. The SMILES string of the molecule is Cc1noc(C)c1-c1ccc(NC(C#N)=C(C#N)C#N)cc1. The minimum Gasteiger partial charge on any atom is -0.361 e. The molecule has 1 aromatic carbocycles. The quantitative estimate of drug-likeness (QED) is 0.869. The Morgan fingerprint density at radius 3 is 2.14 bits per heavy atom. The number of aryl methyl sites for hydroxylation is 2. The van der Waals surface area contributed by atoms with E-state index in [1.54, 1.807) is 24.3 Å². The number of hydrogen-bond acceptors (Lipinski definition) is 6. The van der Waals surface area contributed by atoms with Crippen LogP contribution in [0.4, 0.5) is 5.69 Å². The lowest BCUT2D eigenvalue weighted by molar-refractivity contribution is 0.393. The van der Waals surface area contributed by atoms with Crippen LogP contribution in [-0.4, -0.2) is 5.16 Å². The largest absolute Gasteiger partial charge is 0.361 e. The summed E-state index contributed by atoms with van der Waals surface area (Å²) in [6.07, 6.45) is 0. The lowest BCUT2D eigenvalue weighted by atomic mass is 10.0. The Bertz CT molecular complexity index is 818. The third-order valence-electron chi connectivity index (χ3n) is 3.06. The van der Waals surface area contributed by atoms with Crippen LogP contribution in [0.25, 0.3) is 11.1 Å². The highest BCUT2D eigenvalue weighted by Crippen LogP contribution is 2.28. The van der Waals surface area contributed by atoms with Gasteiger partial charge in [-0.25, -0.2) is 0 Å². The molecule has 6 nitrogen and oxygen atoms in total. The summed E-state index contributed by atoms with van der Waals surface area (Å²) in [6.45, 7) is 3.70. The second-order valence-corrected chi connectivity index (χ2v) is 4.49. The smallest absolute Gasteiger partial charge is 0.163 e. The maximum absolute atomic E-state index is 9.00. The lowest BCUT2D eigenvalue weighted by Crippen LogP contribution is -2.00. The molecule has 0 spiro atoms. The minimum absolute atomic E-state index is 0.0740. The van der Waals surface area contributed by atoms with Crippen molar-refractivity contribution < 1.29 is 4.52 Å². The zero-order valence-corrected chi connectivity index (χ0v) is 12.0. The molecule has 6 heteroatoms. The molecule has 106 valence electrons. The van der Waals surface area contributed by atoms with Crippen molar-refractivity contribution in [2.45, 2.75) is 13.8 Å². The van der Waals surface area contributed by atoms with Gasteiger partial charge in [0, 0.05) is 11.3 Å². The molecule has 0 saturated carbocycles. The second-order valence-electron chi connectivity index (χ2n) is 4.49. The van der Waals surface area contributed by atoms with Crippen molar-refractivity contribution in [3.8, 4) is 29.3 Å². The summed E-state index contributed by atoms with van der Waals surface area (Å²) in [4.78, 5) is 0. The molecule has 0 aliphatic carbocycles. The third-order valence-corrected chi connectivity index (χ3v) is 3.06. The normalized spacial score (nSPS) is 9.23. The van der Waals surface area contributed by atoms with E-state index < -0.39 is 0 Å². The van der Waals surface area contributed by atoms with Gasteiger partial charge in [0.15, 0.2) is 5.57 Å². The van der Waals surface area contributed by atoms with E-state index in [1.165, 1.54) is 0 Å². The first-order valence-electron chi connectivity index (χ1n) is 6.35. The van der Waals surface area contributed by atoms with Crippen molar-refractivity contribution in [2.24, 2.45) is 0 Å². The number of nitrogens with zero attached hydrogens (tertiary/aromatic N) is 4. The third kappa shape index (κ3) is 2.80. The van der Waals surface area contributed by atoms with E-state index in [1.807, 2.05) is 32.0 Å². The molecule has 1 aromatic heterocycles. The summed E-state index contributed by atoms with van der Waals surface area (Å²) in [5, 5.41) is 33.3. The van der Waals surface area contributed by atoms with Crippen LogP contribution < -0.4 is 5.32 Å². The fourth-order valence-corrected chi connectivity index (χ4v) is 2.04. The standard InChI is InChI=1S/C16H11N5O/c1-10-16(11(2)22-21-10)12-3-5-14(6-4-12)20-15(9-19)13(7-17)8-18/h3-6,20H,1-2H3. The molecule has 0 unspecified atom stereocenters. The van der Waals surface area contributed by atoms with Gasteiger partial charge in [0.25, 0.3) is 0 Å². The molecule has 0 amide bonds. The Morgan fingerprint density at radius 1 is 1.05 bits per heavy atom. The zero-order chi connectivity index (χ0) is 16.1. The highest BCUT2D eigenvalue weighted by Gasteiger charge is 2.11. The van der Waals surface area contributed by atoms with Crippen molar-refractivity contribution in [1.82, 2.24) is 5.16 Å². The van der Waals surface area contributed by atoms with Gasteiger partial charge in [-0.3, -0.25) is 0 Å². The molecule has 2 rings (SSSR count). The van der Waals surface area contributed by atoms with Crippen LogP contribution >= 0.6 is 0 Å². The summed E-state index contributed by atoms with van der Waals surface area (Å²) in [5.41, 5.74) is 2.94. The van der Waals surface area contributed by atoms with Gasteiger partial charge >= 0.3 is 0 Å². The maximum atomic E-state index is 9.00. The molecule has 1 N–H and O–H groups in total. The number of rotatable bonds is 3. The number of allylic oxidation sites excluding steroid dienone is 2. The van der Waals surface area contributed by atoms with Gasteiger partial charge in [-0.1, -0.05) is 17.3 Å². The van der Waals surface area contributed by atoms with Crippen molar-refractivity contribution in [1.29, 1.82) is 15.8 Å². The van der Waals surface area contributed by atoms with Gasteiger partial charge < -0.3 is 9.84 Å². The van der Waals surface area contributed by atoms with Crippen molar-refractivity contribution >= 4 is 5.69 Å². The Labute approximate surface area is 127 Å². The van der Waals surface area contributed by atoms with E-state index in [9.17, 15) is 0 Å². The summed E-state index contributed by atoms with van der Waals surface area (Å²) in [5.74, 6) is 0.729. The summed E-state index contributed by atoms with van der Waals surface area (Å²) >= 11 is 0. The van der Waals surface area contributed by atoms with Crippen LogP contribution in [0.2, 0.25) is 0 Å². The first-order chi connectivity index (χ1) is 10.6. The highest BCUT2D eigenvalue weighted by atomic mass is 16.5. The lowest BCUT2D eigenvalue weighted by Gasteiger charge is -2.06. The topological polar surface area (TPSA) is 109 Å². The Morgan fingerprint density at radius 2 is 1.68 bits per heavy atom. The molecule has 0 radical (unpaired) electrons. The van der Waals surface area contributed by atoms with Crippen LogP contribution in [0.3, 0.4) is 0 Å². The predicted octanol–water partition coefficient (Wildman–Crippen LogP) is 3.20. The molecule has 2 aromatic rings. The van der Waals surface area contributed by atoms with Gasteiger partial charge in [0.05, 0.1) is 5.69 Å². The number of nitrogens with one attached hydrogen (secondary N) is 1. The van der Waals surface area contributed by atoms with Crippen molar-refractivity contribution in [3.63, 3.8) is 0 Å². The number of anilines is 1. The van der Waals surface area contributed by atoms with Crippen LogP contribution in [0, 0.1) is 47.8 Å². The molecule has 22 heavy (non-hydrogen) atoms. The molecule has 0 bridgehead atoms. The van der Waals surface area contributed by atoms with Crippen LogP contribution in [-0.2, 0) is 0 Å². The highest BCUT2D eigenvalue weighted by molar-refractivity contribution is 5.70. The fraction of sp³-hybridized carbons (Fsp3) is 0.125. The summed E-state index contributed by atoms with van der Waals surface area (Å²) in [7, 11) is 0. The average Bonchev–Trinajstić information content (AvgIpc) is 2.87. The van der Waals surface area contributed by atoms with E-state index in [-0.39, 0.29) is 11.3 Å². The Balaban J connectivity index is 2.32. The minimum atomic E-state index is -0.252. The molecule has 0 aliphatic heterocycles. The molecular weight excluding hydrogens is 278 g/mol. The van der Waals surface area contributed by atoms with Crippen molar-refractivity contribution in [2.75, 3.05) is 5.32 Å². The Hall–Kier alpha value is -3.56. The molecule has 0 fully saturated rings. The van der Waals surface area contributed by atoms with Gasteiger partial charge in [0.1, 0.15) is 29.7 Å². The van der Waals surface area contributed by atoms with Crippen molar-refractivity contribution in [3.05, 3.63) is 47.0 Å². The molecule has 0 atom stereocenters. The van der Waals surface area contributed by atoms with Gasteiger partial charge in [-0.2, -0.15) is 15.8 Å². The van der Waals surface area contributed by atoms with E-state index in [0.717, 1.165) is 22.6 Å². The molecule has 0 aliphatic rings. The first kappa shape index (κ1) is 14.8. The first-order valence-corrected chi connectivity index (χ1v) is 6.35. The van der Waals surface area contributed by atoms with Crippen LogP contribution in [0.1, 0.15) is 11.5 Å².